The van der Waals surface area contributed by atoms with Gasteiger partial charge in [-0.1, -0.05) is 18.6 Å². The molecule has 0 aromatic heterocycles. The highest BCUT2D eigenvalue weighted by Crippen LogP contribution is 2.31. The van der Waals surface area contributed by atoms with E-state index in [-0.39, 0.29) is 10.8 Å². The van der Waals surface area contributed by atoms with Crippen LogP contribution in [0, 0.1) is 0 Å². The summed E-state index contributed by atoms with van der Waals surface area (Å²) in [7, 11) is 0.284. The number of anilines is 2. The van der Waals surface area contributed by atoms with E-state index in [2.05, 4.69) is 5.32 Å². The maximum atomic E-state index is 13.2. The van der Waals surface area contributed by atoms with Crippen molar-refractivity contribution < 1.29 is 17.9 Å². The number of nitrogens with one attached hydrogen (secondary N) is 1. The molecule has 1 heterocycles. The molecule has 1 aliphatic rings. The molecular weight excluding hydrogens is 426 g/mol. The summed E-state index contributed by atoms with van der Waals surface area (Å²) in [5, 5.41) is 2.84. The third kappa shape index (κ3) is 6.01. The smallest absolute Gasteiger partial charge is 0.246 e. The maximum Gasteiger partial charge on any atom is 0.246 e. The minimum absolute atomic E-state index is 0.110. The van der Waals surface area contributed by atoms with Crippen LogP contribution < -0.4 is 15.0 Å². The standard InChI is InChI=1S/C24H33N3O4S/c1-4-31-22-14-11-20(18-23(22)32(29,30)27-16-6-5-7-17-27)25-24(28)15-10-19-8-12-21(13-9-19)26(2)3/h8-9,11-14,18H,4-7,10,15-17H2,1-3H3,(H,25,28). The van der Waals surface area contributed by atoms with E-state index < -0.39 is 10.0 Å². The molecule has 2 aromatic carbocycles. The number of sulfonamides is 1. The number of rotatable bonds is 9. The summed E-state index contributed by atoms with van der Waals surface area (Å²) in [5.41, 5.74) is 2.64. The maximum absolute atomic E-state index is 13.2. The van der Waals surface area contributed by atoms with E-state index in [0.717, 1.165) is 30.5 Å². The molecule has 0 aliphatic carbocycles. The molecule has 0 saturated carbocycles. The normalized spacial score (nSPS) is 14.7. The first kappa shape index (κ1) is 24.1. The Morgan fingerprint density at radius 3 is 2.38 bits per heavy atom. The van der Waals surface area contributed by atoms with Crippen molar-refractivity contribution in [2.24, 2.45) is 0 Å². The van der Waals surface area contributed by atoms with Crippen molar-refractivity contribution in [3.05, 3.63) is 48.0 Å². The monoisotopic (exact) mass is 459 g/mol. The molecule has 0 spiro atoms. The van der Waals surface area contributed by atoms with Crippen LogP contribution in [0.5, 0.6) is 5.75 Å². The second-order valence-corrected chi connectivity index (χ2v) is 10.1. The zero-order valence-electron chi connectivity index (χ0n) is 19.1. The van der Waals surface area contributed by atoms with E-state index in [0.29, 0.717) is 44.0 Å². The van der Waals surface area contributed by atoms with E-state index in [1.165, 1.54) is 10.4 Å². The van der Waals surface area contributed by atoms with Crippen LogP contribution in [0.25, 0.3) is 0 Å². The Hall–Kier alpha value is -2.58. The van der Waals surface area contributed by atoms with Crippen LogP contribution in [-0.4, -0.2) is 52.4 Å². The minimum Gasteiger partial charge on any atom is -0.492 e. The first-order valence-corrected chi connectivity index (χ1v) is 12.6. The Morgan fingerprint density at radius 2 is 1.75 bits per heavy atom. The highest BCUT2D eigenvalue weighted by molar-refractivity contribution is 7.89. The highest BCUT2D eigenvalue weighted by Gasteiger charge is 2.29. The molecule has 0 radical (unpaired) electrons. The predicted octanol–water partition coefficient (Wildman–Crippen LogP) is 3.90. The van der Waals surface area contributed by atoms with Crippen LogP contribution in [0.2, 0.25) is 0 Å². The fraction of sp³-hybridized carbons (Fsp3) is 0.458. The number of piperidine rings is 1. The molecular formula is C24H33N3O4S. The Labute approximate surface area is 191 Å². The summed E-state index contributed by atoms with van der Waals surface area (Å²) in [4.78, 5) is 14.7. The minimum atomic E-state index is -3.69. The average Bonchev–Trinajstić information content (AvgIpc) is 2.79. The predicted molar refractivity (Wildman–Crippen MR) is 128 cm³/mol. The molecule has 7 nitrogen and oxygen atoms in total. The van der Waals surface area contributed by atoms with Gasteiger partial charge in [0.2, 0.25) is 15.9 Å². The fourth-order valence-electron chi connectivity index (χ4n) is 3.75. The Balaban J connectivity index is 1.70. The molecule has 8 heteroatoms. The van der Waals surface area contributed by atoms with Crippen LogP contribution in [0.3, 0.4) is 0 Å². The SMILES string of the molecule is CCOc1ccc(NC(=O)CCc2ccc(N(C)C)cc2)cc1S(=O)(=O)N1CCCCC1. The lowest BCUT2D eigenvalue weighted by Gasteiger charge is -2.27. The lowest BCUT2D eigenvalue weighted by atomic mass is 10.1. The van der Waals surface area contributed by atoms with Gasteiger partial charge < -0.3 is 15.0 Å². The molecule has 2 aromatic rings. The number of ether oxygens (including phenoxy) is 1. The average molecular weight is 460 g/mol. The number of amides is 1. The van der Waals surface area contributed by atoms with Gasteiger partial charge in [0, 0.05) is 45.0 Å². The molecule has 0 bridgehead atoms. The Bertz CT molecular complexity index is 1010. The zero-order chi connectivity index (χ0) is 23.1. The van der Waals surface area contributed by atoms with E-state index in [9.17, 15) is 13.2 Å². The van der Waals surface area contributed by atoms with E-state index in [1.807, 2.05) is 50.2 Å². The second-order valence-electron chi connectivity index (χ2n) is 8.17. The number of nitrogens with zero attached hydrogens (tertiary/aromatic N) is 2. The van der Waals surface area contributed by atoms with Crippen molar-refractivity contribution in [3.63, 3.8) is 0 Å². The van der Waals surface area contributed by atoms with Crippen LogP contribution in [-0.2, 0) is 21.2 Å². The second kappa shape index (κ2) is 10.8. The Kier molecular flexibility index (Phi) is 8.15. The van der Waals surface area contributed by atoms with Crippen molar-refractivity contribution in [3.8, 4) is 5.75 Å². The molecule has 0 atom stereocenters. The zero-order valence-corrected chi connectivity index (χ0v) is 20.0. The molecule has 32 heavy (non-hydrogen) atoms. The highest BCUT2D eigenvalue weighted by atomic mass is 32.2. The van der Waals surface area contributed by atoms with Gasteiger partial charge in [0.15, 0.2) is 0 Å². The molecule has 1 amide bonds. The first-order chi connectivity index (χ1) is 15.3. The molecule has 0 unspecified atom stereocenters. The first-order valence-electron chi connectivity index (χ1n) is 11.1. The molecule has 1 N–H and O–H groups in total. The number of carbonyl (C=O) groups is 1. The number of hydrogen-bond donors (Lipinski definition) is 1. The van der Waals surface area contributed by atoms with Gasteiger partial charge in [-0.3, -0.25) is 4.79 Å². The van der Waals surface area contributed by atoms with Crippen LogP contribution in [0.4, 0.5) is 11.4 Å². The van der Waals surface area contributed by atoms with Crippen molar-refractivity contribution in [1.82, 2.24) is 4.31 Å². The van der Waals surface area contributed by atoms with Gasteiger partial charge in [0.05, 0.1) is 6.61 Å². The number of benzene rings is 2. The summed E-state index contributed by atoms with van der Waals surface area (Å²) in [6.07, 6.45) is 3.67. The number of aryl methyl sites for hydroxylation is 1. The number of carbonyl (C=O) groups excluding carboxylic acids is 1. The third-order valence-electron chi connectivity index (χ3n) is 5.55. The summed E-state index contributed by atoms with van der Waals surface area (Å²) >= 11 is 0. The van der Waals surface area contributed by atoms with Crippen LogP contribution in [0.15, 0.2) is 47.4 Å². The summed E-state index contributed by atoms with van der Waals surface area (Å²) in [6, 6.07) is 12.9. The largest absolute Gasteiger partial charge is 0.492 e. The van der Waals surface area contributed by atoms with Crippen LogP contribution >= 0.6 is 0 Å². The molecule has 3 rings (SSSR count). The molecule has 1 fully saturated rings. The van der Waals surface area contributed by atoms with Gasteiger partial charge in [0.25, 0.3) is 0 Å². The quantitative estimate of drug-likeness (QED) is 0.615. The van der Waals surface area contributed by atoms with Crippen molar-refractivity contribution in [2.45, 2.75) is 43.9 Å². The van der Waals surface area contributed by atoms with Gasteiger partial charge >= 0.3 is 0 Å². The molecule has 174 valence electrons. The van der Waals surface area contributed by atoms with Gasteiger partial charge in [-0.15, -0.1) is 0 Å². The van der Waals surface area contributed by atoms with E-state index >= 15 is 0 Å². The summed E-state index contributed by atoms with van der Waals surface area (Å²) < 4.78 is 33.6. The van der Waals surface area contributed by atoms with Crippen molar-refractivity contribution >= 4 is 27.3 Å². The van der Waals surface area contributed by atoms with Crippen LogP contribution in [0.1, 0.15) is 38.2 Å². The number of hydrogen-bond acceptors (Lipinski definition) is 5. The van der Waals surface area contributed by atoms with Crippen molar-refractivity contribution in [1.29, 1.82) is 0 Å². The topological polar surface area (TPSA) is 79.0 Å². The van der Waals surface area contributed by atoms with E-state index in [4.69, 9.17) is 4.74 Å². The third-order valence-corrected chi connectivity index (χ3v) is 7.47. The molecule has 1 aliphatic heterocycles. The van der Waals surface area contributed by atoms with Gasteiger partial charge in [-0.05, 0) is 62.1 Å². The van der Waals surface area contributed by atoms with Crippen molar-refractivity contribution in [2.75, 3.05) is 44.0 Å². The fourth-order valence-corrected chi connectivity index (χ4v) is 5.42. The van der Waals surface area contributed by atoms with Gasteiger partial charge in [0.1, 0.15) is 10.6 Å². The lowest BCUT2D eigenvalue weighted by molar-refractivity contribution is -0.116. The summed E-state index contributed by atoms with van der Waals surface area (Å²) in [6.45, 7) is 3.20. The van der Waals surface area contributed by atoms with Gasteiger partial charge in [-0.2, -0.15) is 4.31 Å². The Morgan fingerprint density at radius 1 is 1.06 bits per heavy atom. The summed E-state index contributed by atoms with van der Waals surface area (Å²) in [5.74, 6) is 0.157. The lowest BCUT2D eigenvalue weighted by Crippen LogP contribution is -2.35. The van der Waals surface area contributed by atoms with Gasteiger partial charge in [-0.25, -0.2) is 8.42 Å². The molecule has 1 saturated heterocycles. The van der Waals surface area contributed by atoms with E-state index in [1.54, 1.807) is 12.1 Å².